The Labute approximate surface area is 81.8 Å². The van der Waals surface area contributed by atoms with Crippen molar-refractivity contribution in [2.75, 3.05) is 0 Å². The Bertz CT molecular complexity index is 504. The predicted molar refractivity (Wildman–Crippen MR) is 51.8 cm³/mol. The maximum absolute atomic E-state index is 8.67. The summed E-state index contributed by atoms with van der Waals surface area (Å²) in [5.74, 6) is 0.382. The van der Waals surface area contributed by atoms with Crippen molar-refractivity contribution in [1.82, 2.24) is 14.4 Å². The van der Waals surface area contributed by atoms with Gasteiger partial charge in [-0.15, -0.1) is 0 Å². The summed E-state index contributed by atoms with van der Waals surface area (Å²) in [5.41, 5.74) is 2.14. The molecule has 0 aliphatic rings. The third-order valence-electron chi connectivity index (χ3n) is 2.07. The van der Waals surface area contributed by atoms with E-state index in [-0.39, 0.29) is 0 Å². The molecule has 0 aliphatic carbocycles. The van der Waals surface area contributed by atoms with Crippen LogP contribution in [-0.2, 0) is 0 Å². The molecule has 0 amide bonds. The first kappa shape index (κ1) is 8.70. The second kappa shape index (κ2) is 3.11. The highest BCUT2D eigenvalue weighted by molar-refractivity contribution is 5.40. The fourth-order valence-corrected chi connectivity index (χ4v) is 1.27. The minimum Gasteiger partial charge on any atom is -0.303 e. The Hall–Kier alpha value is -1.89. The van der Waals surface area contributed by atoms with Crippen molar-refractivity contribution in [2.24, 2.45) is 0 Å². The van der Waals surface area contributed by atoms with E-state index in [2.05, 4.69) is 23.8 Å². The number of hydrogen-bond acceptors (Lipinski definition) is 3. The summed E-state index contributed by atoms with van der Waals surface area (Å²) in [4.78, 5) is 8.33. The van der Waals surface area contributed by atoms with Gasteiger partial charge in [0, 0.05) is 12.4 Å². The quantitative estimate of drug-likeness (QED) is 0.681. The lowest BCUT2D eigenvalue weighted by Crippen LogP contribution is -1.95. The second-order valence-electron chi connectivity index (χ2n) is 3.47. The van der Waals surface area contributed by atoms with Crippen molar-refractivity contribution in [1.29, 1.82) is 5.26 Å². The van der Waals surface area contributed by atoms with Crippen LogP contribution in [0, 0.1) is 11.3 Å². The average molecular weight is 186 g/mol. The molecule has 2 aromatic rings. The van der Waals surface area contributed by atoms with Crippen molar-refractivity contribution in [3.05, 3.63) is 30.0 Å². The van der Waals surface area contributed by atoms with Crippen LogP contribution in [0.1, 0.15) is 31.2 Å². The molecule has 0 spiro atoms. The third-order valence-corrected chi connectivity index (χ3v) is 2.07. The highest BCUT2D eigenvalue weighted by Gasteiger charge is 2.04. The van der Waals surface area contributed by atoms with Crippen LogP contribution in [0.15, 0.2) is 18.6 Å². The zero-order valence-electron chi connectivity index (χ0n) is 8.10. The van der Waals surface area contributed by atoms with E-state index >= 15 is 0 Å². The zero-order chi connectivity index (χ0) is 10.1. The third kappa shape index (κ3) is 1.33. The van der Waals surface area contributed by atoms with Gasteiger partial charge in [0.05, 0.1) is 11.9 Å². The van der Waals surface area contributed by atoms with Crippen LogP contribution in [0.25, 0.3) is 5.65 Å². The number of rotatable bonds is 1. The number of fused-ring (bicyclic) bond motifs is 1. The van der Waals surface area contributed by atoms with Crippen LogP contribution in [0.4, 0.5) is 0 Å². The number of imidazole rings is 1. The van der Waals surface area contributed by atoms with E-state index in [1.165, 1.54) is 0 Å². The van der Waals surface area contributed by atoms with E-state index in [0.717, 1.165) is 5.69 Å². The molecule has 4 heteroatoms. The van der Waals surface area contributed by atoms with E-state index < -0.39 is 0 Å². The van der Waals surface area contributed by atoms with Gasteiger partial charge in [-0.3, -0.25) is 4.98 Å². The maximum atomic E-state index is 8.67. The highest BCUT2D eigenvalue weighted by Crippen LogP contribution is 2.12. The summed E-state index contributed by atoms with van der Waals surface area (Å²) >= 11 is 0. The van der Waals surface area contributed by atoms with E-state index in [9.17, 15) is 0 Å². The van der Waals surface area contributed by atoms with Crippen LogP contribution in [0.3, 0.4) is 0 Å². The predicted octanol–water partition coefficient (Wildman–Crippen LogP) is 1.72. The molecule has 2 aromatic heterocycles. The number of nitriles is 1. The molecule has 2 heterocycles. The van der Waals surface area contributed by atoms with Crippen molar-refractivity contribution < 1.29 is 0 Å². The molecule has 14 heavy (non-hydrogen) atoms. The second-order valence-corrected chi connectivity index (χ2v) is 3.47. The first-order valence-electron chi connectivity index (χ1n) is 4.45. The minimum absolute atomic E-state index is 0.382. The van der Waals surface area contributed by atoms with Crippen molar-refractivity contribution in [3.63, 3.8) is 0 Å². The molecule has 0 saturated heterocycles. The number of hydrogen-bond donors (Lipinski definition) is 0. The molecule has 0 aromatic carbocycles. The molecule has 2 rings (SSSR count). The molecule has 0 bridgehead atoms. The minimum atomic E-state index is 0.382. The Morgan fingerprint density at radius 1 is 1.43 bits per heavy atom. The van der Waals surface area contributed by atoms with Gasteiger partial charge in [0.15, 0.2) is 11.3 Å². The summed E-state index contributed by atoms with van der Waals surface area (Å²) in [5, 5.41) is 8.67. The fraction of sp³-hybridized carbons (Fsp3) is 0.300. The largest absolute Gasteiger partial charge is 0.303 e. The topological polar surface area (TPSA) is 54.0 Å². The van der Waals surface area contributed by atoms with Crippen LogP contribution in [0.2, 0.25) is 0 Å². The highest BCUT2D eigenvalue weighted by atomic mass is 15.0. The lowest BCUT2D eigenvalue weighted by molar-refractivity contribution is 0.808. The molecule has 0 N–H and O–H groups in total. The summed E-state index contributed by atoms with van der Waals surface area (Å²) in [6.45, 7) is 4.16. The summed E-state index contributed by atoms with van der Waals surface area (Å²) in [6, 6.07) is 2.01. The first-order chi connectivity index (χ1) is 6.70. The van der Waals surface area contributed by atoms with Gasteiger partial charge < -0.3 is 4.40 Å². The van der Waals surface area contributed by atoms with Crippen LogP contribution >= 0.6 is 0 Å². The summed E-state index contributed by atoms with van der Waals surface area (Å²) in [7, 11) is 0. The van der Waals surface area contributed by atoms with E-state index in [4.69, 9.17) is 5.26 Å². The van der Waals surface area contributed by atoms with Crippen LogP contribution in [-0.4, -0.2) is 14.4 Å². The molecular weight excluding hydrogens is 176 g/mol. The maximum Gasteiger partial charge on any atom is 0.159 e. The van der Waals surface area contributed by atoms with Crippen LogP contribution < -0.4 is 0 Å². The van der Waals surface area contributed by atoms with Crippen molar-refractivity contribution >= 4 is 5.65 Å². The molecule has 0 saturated carbocycles. The normalized spacial score (nSPS) is 10.7. The smallest absolute Gasteiger partial charge is 0.159 e. The van der Waals surface area contributed by atoms with Gasteiger partial charge in [0.2, 0.25) is 0 Å². The molecular formula is C10H10N4. The molecule has 70 valence electrons. The Kier molecular flexibility index (Phi) is 1.93. The van der Waals surface area contributed by atoms with Gasteiger partial charge in [-0.05, 0) is 5.92 Å². The van der Waals surface area contributed by atoms with Crippen LogP contribution in [0.5, 0.6) is 0 Å². The van der Waals surface area contributed by atoms with Crippen molar-refractivity contribution in [3.8, 4) is 6.07 Å². The Morgan fingerprint density at radius 3 is 2.86 bits per heavy atom. The average Bonchev–Trinajstić information content (AvgIpc) is 2.58. The molecule has 0 unspecified atom stereocenters. The van der Waals surface area contributed by atoms with E-state index in [0.29, 0.717) is 17.3 Å². The Balaban J connectivity index is 2.61. The van der Waals surface area contributed by atoms with Gasteiger partial charge in [-0.25, -0.2) is 4.98 Å². The Morgan fingerprint density at radius 2 is 2.21 bits per heavy atom. The van der Waals surface area contributed by atoms with Gasteiger partial charge in [-0.1, -0.05) is 13.8 Å². The summed E-state index contributed by atoms with van der Waals surface area (Å²) < 4.78 is 1.83. The lowest BCUT2D eigenvalue weighted by atomic mass is 10.1. The summed E-state index contributed by atoms with van der Waals surface area (Å²) in [6.07, 6.45) is 5.31. The molecule has 0 atom stereocenters. The van der Waals surface area contributed by atoms with E-state index in [1.54, 1.807) is 12.4 Å². The van der Waals surface area contributed by atoms with Gasteiger partial charge >= 0.3 is 0 Å². The van der Waals surface area contributed by atoms with Gasteiger partial charge in [-0.2, -0.15) is 5.26 Å². The fourth-order valence-electron chi connectivity index (χ4n) is 1.27. The first-order valence-corrected chi connectivity index (χ1v) is 4.45. The molecule has 4 nitrogen and oxygen atoms in total. The monoisotopic (exact) mass is 186 g/mol. The standard InChI is InChI=1S/C10H10N4/c1-7(2)9-6-14-5-8(3-11)13-10(14)4-12-9/h4-7H,1-2H3. The van der Waals surface area contributed by atoms with Gasteiger partial charge in [0.25, 0.3) is 0 Å². The number of aromatic nitrogens is 3. The van der Waals surface area contributed by atoms with E-state index in [1.807, 2.05) is 16.7 Å². The van der Waals surface area contributed by atoms with Gasteiger partial charge in [0.1, 0.15) is 6.07 Å². The van der Waals surface area contributed by atoms with Crippen molar-refractivity contribution in [2.45, 2.75) is 19.8 Å². The lowest BCUT2D eigenvalue weighted by Gasteiger charge is -2.03. The zero-order valence-corrected chi connectivity index (χ0v) is 8.10. The SMILES string of the molecule is CC(C)c1cn2cc(C#N)nc2cn1. The molecule has 0 radical (unpaired) electrons. The molecule has 0 fully saturated rings. The number of nitrogens with zero attached hydrogens (tertiary/aromatic N) is 4. The molecule has 0 aliphatic heterocycles.